The van der Waals surface area contributed by atoms with Crippen LogP contribution in [0, 0.1) is 5.82 Å². The molecule has 1 aromatic heterocycles. The quantitative estimate of drug-likeness (QED) is 0.804. The maximum atomic E-state index is 13.9. The molecular formula is C16H17ClFN3O4S. The largest absolute Gasteiger partial charge is 0.383 e. The van der Waals surface area contributed by atoms with E-state index < -0.39 is 15.8 Å². The minimum absolute atomic E-state index is 0.108. The second kappa shape index (κ2) is 7.26. The molecule has 3 rings (SSSR count). The first-order chi connectivity index (χ1) is 12.3. The van der Waals surface area contributed by atoms with Crippen molar-refractivity contribution in [1.29, 1.82) is 0 Å². The Morgan fingerprint density at radius 1 is 1.31 bits per heavy atom. The van der Waals surface area contributed by atoms with E-state index in [1.165, 1.54) is 24.4 Å². The van der Waals surface area contributed by atoms with Crippen LogP contribution < -0.4 is 4.72 Å². The van der Waals surface area contributed by atoms with Gasteiger partial charge in [0.1, 0.15) is 16.4 Å². The average molecular weight is 402 g/mol. The van der Waals surface area contributed by atoms with Crippen LogP contribution in [-0.4, -0.2) is 50.6 Å². The van der Waals surface area contributed by atoms with Crippen LogP contribution in [0.1, 0.15) is 10.5 Å². The van der Waals surface area contributed by atoms with E-state index in [9.17, 15) is 17.6 Å². The number of methoxy groups -OCH3 is 1. The first-order valence-corrected chi connectivity index (χ1v) is 9.64. The third-order valence-electron chi connectivity index (χ3n) is 4.04. The minimum Gasteiger partial charge on any atom is -0.383 e. The summed E-state index contributed by atoms with van der Waals surface area (Å²) in [7, 11) is -2.50. The third kappa shape index (κ3) is 3.69. The summed E-state index contributed by atoms with van der Waals surface area (Å²) in [5.74, 6) is -1.06. The fourth-order valence-electron chi connectivity index (χ4n) is 2.68. The number of nitrogens with zero attached hydrogens (tertiary/aromatic N) is 2. The first kappa shape index (κ1) is 18.7. The van der Waals surface area contributed by atoms with Crippen LogP contribution in [0.5, 0.6) is 0 Å². The molecule has 0 atom stereocenters. The fourth-order valence-corrected chi connectivity index (χ4v) is 3.94. The number of aromatic nitrogens is 1. The van der Waals surface area contributed by atoms with Crippen LogP contribution in [0.3, 0.4) is 0 Å². The standard InChI is InChI=1S/C16H17ClFN3O4S/c1-25-7-6-20-4-5-21-10-12(9-15(21)16(20)22)26(23,24)19-14-3-2-11(17)8-13(14)18/h2-3,8-10,19H,4-7H2,1H3. The van der Waals surface area contributed by atoms with Crippen LogP contribution in [0.25, 0.3) is 0 Å². The summed E-state index contributed by atoms with van der Waals surface area (Å²) in [6.07, 6.45) is 1.37. The van der Waals surface area contributed by atoms with E-state index in [0.29, 0.717) is 26.2 Å². The van der Waals surface area contributed by atoms with E-state index in [1.807, 2.05) is 0 Å². The zero-order chi connectivity index (χ0) is 18.9. The van der Waals surface area contributed by atoms with Crippen molar-refractivity contribution in [2.24, 2.45) is 0 Å². The van der Waals surface area contributed by atoms with Crippen molar-refractivity contribution in [2.45, 2.75) is 11.4 Å². The highest BCUT2D eigenvalue weighted by Crippen LogP contribution is 2.25. The molecule has 0 unspecified atom stereocenters. The van der Waals surface area contributed by atoms with Gasteiger partial charge in [0, 0.05) is 38.0 Å². The smallest absolute Gasteiger partial charge is 0.270 e. The maximum Gasteiger partial charge on any atom is 0.270 e. The molecule has 0 bridgehead atoms. The molecule has 2 aromatic rings. The number of sulfonamides is 1. The Bertz CT molecular complexity index is 945. The van der Waals surface area contributed by atoms with Gasteiger partial charge < -0.3 is 14.2 Å². The van der Waals surface area contributed by atoms with Crippen molar-refractivity contribution < 1.29 is 22.3 Å². The molecule has 0 saturated carbocycles. The molecule has 1 aromatic carbocycles. The number of nitrogens with one attached hydrogen (secondary N) is 1. The number of hydrogen-bond donors (Lipinski definition) is 1. The molecule has 1 aliphatic rings. The normalized spacial score (nSPS) is 14.4. The van der Waals surface area contributed by atoms with Gasteiger partial charge in [-0.15, -0.1) is 0 Å². The lowest BCUT2D eigenvalue weighted by Gasteiger charge is -2.27. The summed E-state index contributed by atoms with van der Waals surface area (Å²) in [6.45, 7) is 1.75. The molecular weight excluding hydrogens is 385 g/mol. The Balaban J connectivity index is 1.85. The van der Waals surface area contributed by atoms with E-state index in [1.54, 1.807) is 16.6 Å². The van der Waals surface area contributed by atoms with E-state index in [-0.39, 0.29) is 27.2 Å². The van der Waals surface area contributed by atoms with Crippen molar-refractivity contribution >= 4 is 33.2 Å². The zero-order valence-electron chi connectivity index (χ0n) is 13.9. The van der Waals surface area contributed by atoms with Gasteiger partial charge in [0.2, 0.25) is 0 Å². The molecule has 0 radical (unpaired) electrons. The van der Waals surface area contributed by atoms with E-state index in [4.69, 9.17) is 16.3 Å². The number of benzene rings is 1. The predicted molar refractivity (Wildman–Crippen MR) is 94.4 cm³/mol. The molecule has 1 amide bonds. The number of fused-ring (bicyclic) bond motifs is 1. The van der Waals surface area contributed by atoms with Crippen LogP contribution in [0.15, 0.2) is 35.4 Å². The molecule has 1 N–H and O–H groups in total. The Morgan fingerprint density at radius 2 is 2.08 bits per heavy atom. The van der Waals surface area contributed by atoms with Gasteiger partial charge in [0.25, 0.3) is 15.9 Å². The number of ether oxygens (including phenoxy) is 1. The molecule has 0 saturated heterocycles. The highest BCUT2D eigenvalue weighted by molar-refractivity contribution is 7.92. The Labute approximate surface area is 155 Å². The second-order valence-electron chi connectivity index (χ2n) is 5.77. The van der Waals surface area contributed by atoms with E-state index >= 15 is 0 Å². The average Bonchev–Trinajstić information content (AvgIpc) is 3.03. The van der Waals surface area contributed by atoms with Gasteiger partial charge in [-0.3, -0.25) is 9.52 Å². The van der Waals surface area contributed by atoms with E-state index in [2.05, 4.69) is 4.72 Å². The summed E-state index contributed by atoms with van der Waals surface area (Å²) in [5.41, 5.74) is 0.0518. The number of rotatable bonds is 6. The van der Waals surface area contributed by atoms with Crippen molar-refractivity contribution in [3.8, 4) is 0 Å². The van der Waals surface area contributed by atoms with Crippen LogP contribution in [0.2, 0.25) is 5.02 Å². The van der Waals surface area contributed by atoms with Crippen molar-refractivity contribution in [2.75, 3.05) is 31.5 Å². The predicted octanol–water partition coefficient (Wildman–Crippen LogP) is 2.18. The van der Waals surface area contributed by atoms with Gasteiger partial charge in [-0.25, -0.2) is 12.8 Å². The molecule has 10 heteroatoms. The highest BCUT2D eigenvalue weighted by atomic mass is 35.5. The van der Waals surface area contributed by atoms with Crippen LogP contribution in [0.4, 0.5) is 10.1 Å². The van der Waals surface area contributed by atoms with Gasteiger partial charge >= 0.3 is 0 Å². The Hall–Kier alpha value is -2.10. The molecule has 0 fully saturated rings. The molecule has 2 heterocycles. The lowest BCUT2D eigenvalue weighted by molar-refractivity contribution is 0.0641. The molecule has 26 heavy (non-hydrogen) atoms. The molecule has 0 spiro atoms. The SMILES string of the molecule is COCCN1CCn2cc(S(=O)(=O)Nc3ccc(Cl)cc3F)cc2C1=O. The molecule has 7 nitrogen and oxygen atoms in total. The van der Waals surface area contributed by atoms with Gasteiger partial charge in [-0.05, 0) is 24.3 Å². The lowest BCUT2D eigenvalue weighted by atomic mass is 10.3. The summed E-state index contributed by atoms with van der Waals surface area (Å²) < 4.78 is 47.7. The summed E-state index contributed by atoms with van der Waals surface area (Å²) in [5, 5.41) is 0.159. The monoisotopic (exact) mass is 401 g/mol. The summed E-state index contributed by atoms with van der Waals surface area (Å²) in [6, 6.07) is 4.92. The van der Waals surface area contributed by atoms with Crippen LogP contribution in [-0.2, 0) is 21.3 Å². The number of halogens is 2. The van der Waals surface area contributed by atoms with Gasteiger partial charge in [-0.1, -0.05) is 11.6 Å². The van der Waals surface area contributed by atoms with Crippen molar-refractivity contribution in [3.05, 3.63) is 47.0 Å². The highest BCUT2D eigenvalue weighted by Gasteiger charge is 2.28. The Kier molecular flexibility index (Phi) is 5.22. The maximum absolute atomic E-state index is 13.9. The lowest BCUT2D eigenvalue weighted by Crippen LogP contribution is -2.41. The van der Waals surface area contributed by atoms with E-state index in [0.717, 1.165) is 6.07 Å². The number of hydrogen-bond acceptors (Lipinski definition) is 4. The number of amides is 1. The minimum atomic E-state index is -4.05. The third-order valence-corrected chi connectivity index (χ3v) is 5.61. The topological polar surface area (TPSA) is 80.6 Å². The number of anilines is 1. The molecule has 1 aliphatic heterocycles. The Morgan fingerprint density at radius 3 is 2.77 bits per heavy atom. The first-order valence-electron chi connectivity index (χ1n) is 7.78. The van der Waals surface area contributed by atoms with Gasteiger partial charge in [-0.2, -0.15) is 0 Å². The van der Waals surface area contributed by atoms with Gasteiger partial charge in [0.05, 0.1) is 12.3 Å². The van der Waals surface area contributed by atoms with Gasteiger partial charge in [0.15, 0.2) is 0 Å². The van der Waals surface area contributed by atoms with Crippen LogP contribution >= 0.6 is 11.6 Å². The molecule has 140 valence electrons. The number of carbonyl (C=O) groups is 1. The summed E-state index contributed by atoms with van der Waals surface area (Å²) in [4.78, 5) is 14.0. The molecule has 0 aliphatic carbocycles. The van der Waals surface area contributed by atoms with Crippen molar-refractivity contribution in [3.63, 3.8) is 0 Å². The summed E-state index contributed by atoms with van der Waals surface area (Å²) >= 11 is 5.67. The zero-order valence-corrected chi connectivity index (χ0v) is 15.5. The van der Waals surface area contributed by atoms with Crippen molar-refractivity contribution in [1.82, 2.24) is 9.47 Å². The fraction of sp³-hybridized carbons (Fsp3) is 0.312. The second-order valence-corrected chi connectivity index (χ2v) is 7.89. The number of carbonyl (C=O) groups excluding carboxylic acids is 1.